The molecule has 0 spiro atoms. The number of imide groups is 1. The number of ether oxygens (including phenoxy) is 1. The molecule has 0 radical (unpaired) electrons. The Balaban J connectivity index is 1.75. The van der Waals surface area contributed by atoms with E-state index >= 15 is 0 Å². The second-order valence-corrected chi connectivity index (χ2v) is 11.4. The maximum Gasteiger partial charge on any atom is 0.275 e. The van der Waals surface area contributed by atoms with Crippen LogP contribution in [0.4, 0.5) is 0 Å². The highest BCUT2D eigenvalue weighted by atomic mass is 79.9. The Morgan fingerprint density at radius 1 is 1.00 bits per heavy atom. The van der Waals surface area contributed by atoms with Gasteiger partial charge in [-0.15, -0.1) is 0 Å². The lowest BCUT2D eigenvalue weighted by atomic mass is 9.81. The van der Waals surface area contributed by atoms with E-state index in [1.165, 1.54) is 20.1 Å². The van der Waals surface area contributed by atoms with Gasteiger partial charge >= 0.3 is 0 Å². The summed E-state index contributed by atoms with van der Waals surface area (Å²) in [7, 11) is 1.52. The fourth-order valence-corrected chi connectivity index (χ4v) is 6.05. The Kier molecular flexibility index (Phi) is 7.68. The lowest BCUT2D eigenvalue weighted by Crippen LogP contribution is -2.56. The Hall–Kier alpha value is -2.23. The molecule has 5 atom stereocenters. The van der Waals surface area contributed by atoms with Crippen LogP contribution >= 0.6 is 43.5 Å². The molecule has 1 saturated heterocycles. The number of Topliss-reactive ketones (excluding diaryl/α,β-unsaturated/α-hetero) is 1. The predicted molar refractivity (Wildman–Crippen MR) is 138 cm³/mol. The van der Waals surface area contributed by atoms with Gasteiger partial charge in [0, 0.05) is 15.2 Å². The van der Waals surface area contributed by atoms with Crippen LogP contribution in [0.15, 0.2) is 48.5 Å². The SMILES string of the molecule is COc1ccc(C(=O)[C@H](C)N(C(=O)c2ccccc2Cl)N2C(=O)[C@H]3C[C@@H](Br)[C@@H](Br)C[C@H]3C2=O)cc1. The Labute approximate surface area is 225 Å². The number of methoxy groups -OCH3 is 1. The summed E-state index contributed by atoms with van der Waals surface area (Å²) in [4.78, 5) is 54.3. The molecule has 10 heteroatoms. The fraction of sp³-hybridized carbons (Fsp3) is 0.360. The van der Waals surface area contributed by atoms with Crippen molar-refractivity contribution < 1.29 is 23.9 Å². The quantitative estimate of drug-likeness (QED) is 0.259. The van der Waals surface area contributed by atoms with Gasteiger partial charge in [-0.3, -0.25) is 19.2 Å². The number of fused-ring (bicyclic) bond motifs is 1. The van der Waals surface area contributed by atoms with Crippen LogP contribution in [-0.4, -0.2) is 56.3 Å². The summed E-state index contributed by atoms with van der Waals surface area (Å²) in [6.07, 6.45) is 0.882. The van der Waals surface area contributed by atoms with Crippen molar-refractivity contribution in [3.05, 3.63) is 64.7 Å². The first-order valence-electron chi connectivity index (χ1n) is 11.1. The molecule has 1 aliphatic carbocycles. The molecule has 1 aliphatic heterocycles. The van der Waals surface area contributed by atoms with Crippen LogP contribution in [0.1, 0.15) is 40.5 Å². The highest BCUT2D eigenvalue weighted by molar-refractivity contribution is 9.12. The molecule has 1 heterocycles. The van der Waals surface area contributed by atoms with Crippen molar-refractivity contribution in [2.75, 3.05) is 7.11 Å². The molecule has 2 aliphatic rings. The van der Waals surface area contributed by atoms with Crippen LogP contribution in [-0.2, 0) is 9.59 Å². The zero-order valence-electron chi connectivity index (χ0n) is 19.0. The molecule has 2 aromatic carbocycles. The maximum absolute atomic E-state index is 13.8. The van der Waals surface area contributed by atoms with Gasteiger partial charge in [0.2, 0.25) is 0 Å². The second kappa shape index (κ2) is 10.4. The molecule has 3 amide bonds. The summed E-state index contributed by atoms with van der Waals surface area (Å²) in [5, 5.41) is 2.00. The number of benzene rings is 2. The Bertz CT molecular complexity index is 1150. The molecule has 0 bridgehead atoms. The van der Waals surface area contributed by atoms with Crippen molar-refractivity contribution in [3.8, 4) is 5.75 Å². The zero-order chi connectivity index (χ0) is 25.4. The summed E-state index contributed by atoms with van der Waals surface area (Å²) in [6, 6.07) is 11.6. The van der Waals surface area contributed by atoms with E-state index in [1.807, 2.05) is 0 Å². The topological polar surface area (TPSA) is 84.0 Å². The number of alkyl halides is 2. The van der Waals surface area contributed by atoms with Crippen LogP contribution in [0.3, 0.4) is 0 Å². The van der Waals surface area contributed by atoms with E-state index in [0.29, 0.717) is 24.2 Å². The molecular weight excluding hydrogens is 604 g/mol. The fourth-order valence-electron chi connectivity index (χ4n) is 4.60. The van der Waals surface area contributed by atoms with Crippen LogP contribution in [0.5, 0.6) is 5.75 Å². The molecule has 35 heavy (non-hydrogen) atoms. The average Bonchev–Trinajstić information content (AvgIpc) is 3.08. The molecule has 0 unspecified atom stereocenters. The molecule has 2 fully saturated rings. The van der Waals surface area contributed by atoms with E-state index in [0.717, 1.165) is 10.0 Å². The highest BCUT2D eigenvalue weighted by Gasteiger charge is 2.55. The monoisotopic (exact) mass is 624 g/mol. The van der Waals surface area contributed by atoms with Gasteiger partial charge in [0.15, 0.2) is 5.78 Å². The molecule has 4 rings (SSSR count). The summed E-state index contributed by atoms with van der Waals surface area (Å²) in [5.74, 6) is -2.69. The number of halogens is 3. The van der Waals surface area contributed by atoms with Crippen molar-refractivity contribution in [2.45, 2.75) is 35.5 Å². The minimum absolute atomic E-state index is 0.00604. The van der Waals surface area contributed by atoms with E-state index in [-0.39, 0.29) is 20.2 Å². The van der Waals surface area contributed by atoms with Gasteiger partial charge in [0.05, 0.1) is 29.5 Å². The molecule has 0 N–H and O–H groups in total. The van der Waals surface area contributed by atoms with Gasteiger partial charge < -0.3 is 4.74 Å². The van der Waals surface area contributed by atoms with Crippen molar-refractivity contribution >= 4 is 67.0 Å². The third-order valence-electron chi connectivity index (χ3n) is 6.54. The second-order valence-electron chi connectivity index (χ2n) is 8.60. The smallest absolute Gasteiger partial charge is 0.275 e. The summed E-state index contributed by atoms with van der Waals surface area (Å²) in [5.41, 5.74) is 0.406. The Morgan fingerprint density at radius 2 is 1.54 bits per heavy atom. The van der Waals surface area contributed by atoms with E-state index in [1.54, 1.807) is 42.5 Å². The first-order valence-corrected chi connectivity index (χ1v) is 13.3. The van der Waals surface area contributed by atoms with Crippen molar-refractivity contribution in [1.29, 1.82) is 0 Å². The maximum atomic E-state index is 13.8. The molecule has 1 saturated carbocycles. The van der Waals surface area contributed by atoms with E-state index < -0.39 is 41.4 Å². The predicted octanol–water partition coefficient (Wildman–Crippen LogP) is 4.90. The van der Waals surface area contributed by atoms with Crippen LogP contribution in [0.2, 0.25) is 5.02 Å². The summed E-state index contributed by atoms with van der Waals surface area (Å²) >= 11 is 13.4. The van der Waals surface area contributed by atoms with E-state index in [4.69, 9.17) is 16.3 Å². The van der Waals surface area contributed by atoms with Gasteiger partial charge in [0.1, 0.15) is 11.8 Å². The van der Waals surface area contributed by atoms with Gasteiger partial charge in [-0.2, -0.15) is 5.01 Å². The number of rotatable bonds is 6. The zero-order valence-corrected chi connectivity index (χ0v) is 22.9. The molecule has 2 aromatic rings. The van der Waals surface area contributed by atoms with Gasteiger partial charge in [0.25, 0.3) is 17.7 Å². The number of hydrogen-bond donors (Lipinski definition) is 0. The lowest BCUT2D eigenvalue weighted by Gasteiger charge is -2.35. The van der Waals surface area contributed by atoms with Crippen LogP contribution in [0.25, 0.3) is 0 Å². The number of carbonyl (C=O) groups is 4. The van der Waals surface area contributed by atoms with Crippen molar-refractivity contribution in [1.82, 2.24) is 10.0 Å². The summed E-state index contributed by atoms with van der Waals surface area (Å²) in [6.45, 7) is 1.50. The molecule has 184 valence electrons. The van der Waals surface area contributed by atoms with Crippen molar-refractivity contribution in [3.63, 3.8) is 0 Å². The minimum atomic E-state index is -1.15. The normalized spacial score (nSPS) is 24.7. The number of ketones is 1. The largest absolute Gasteiger partial charge is 0.497 e. The number of amides is 3. The third-order valence-corrected chi connectivity index (χ3v) is 9.60. The van der Waals surface area contributed by atoms with Gasteiger partial charge in [-0.25, -0.2) is 5.01 Å². The first-order chi connectivity index (χ1) is 16.6. The number of nitrogens with zero attached hydrogens (tertiary/aromatic N) is 2. The number of carbonyl (C=O) groups excluding carboxylic acids is 4. The number of hydrazine groups is 1. The number of hydrogen-bond acceptors (Lipinski definition) is 5. The molecule has 7 nitrogen and oxygen atoms in total. The van der Waals surface area contributed by atoms with E-state index in [9.17, 15) is 19.2 Å². The van der Waals surface area contributed by atoms with Gasteiger partial charge in [-0.05, 0) is 56.2 Å². The van der Waals surface area contributed by atoms with E-state index in [2.05, 4.69) is 31.9 Å². The minimum Gasteiger partial charge on any atom is -0.497 e. The lowest BCUT2D eigenvalue weighted by molar-refractivity contribution is -0.156. The third kappa shape index (κ3) is 4.78. The van der Waals surface area contributed by atoms with Crippen LogP contribution in [0, 0.1) is 11.8 Å². The van der Waals surface area contributed by atoms with Crippen LogP contribution < -0.4 is 4.74 Å². The first kappa shape index (κ1) is 25.9. The average molecular weight is 627 g/mol. The van der Waals surface area contributed by atoms with Gasteiger partial charge in [-0.1, -0.05) is 55.6 Å². The standard InChI is InChI=1S/C25H23Br2ClN2O5/c1-13(22(31)14-7-9-15(35-2)10-8-14)29(23(32)16-5-3-4-6-21(16)28)30-24(33)17-11-19(26)20(27)12-18(17)25(30)34/h3-10,13,17-20H,11-12H2,1-2H3/t13-,17-,18+,19+,20-/m0/s1. The highest BCUT2D eigenvalue weighted by Crippen LogP contribution is 2.44. The molecular formula is C25H23Br2ClN2O5. The summed E-state index contributed by atoms with van der Waals surface area (Å²) < 4.78 is 5.15. The molecule has 0 aromatic heterocycles. The van der Waals surface area contributed by atoms with Crippen molar-refractivity contribution in [2.24, 2.45) is 11.8 Å². The Morgan fingerprint density at radius 3 is 2.06 bits per heavy atom.